The average Bonchev–Trinajstić information content (AvgIpc) is 3.11. The maximum Gasteiger partial charge on any atom is 0.298 e. The number of nitrogens with zero attached hydrogens (tertiary/aromatic N) is 3. The molecule has 26 heavy (non-hydrogen) atoms. The number of anilines is 1. The predicted molar refractivity (Wildman–Crippen MR) is 103 cm³/mol. The lowest BCUT2D eigenvalue weighted by Crippen LogP contribution is -2.47. The third kappa shape index (κ3) is 3.31. The molecule has 2 fully saturated rings. The van der Waals surface area contributed by atoms with Crippen molar-refractivity contribution in [2.45, 2.75) is 51.5 Å². The second-order valence-electron chi connectivity index (χ2n) is 8.00. The van der Waals surface area contributed by atoms with Crippen LogP contribution >= 0.6 is 0 Å². The van der Waals surface area contributed by atoms with Gasteiger partial charge in [0.15, 0.2) is 5.58 Å². The number of hydrogen-bond donors (Lipinski definition) is 0. The molecule has 5 nitrogen and oxygen atoms in total. The Kier molecular flexibility index (Phi) is 4.88. The molecule has 1 aromatic heterocycles. The molecule has 140 valence electrons. The van der Waals surface area contributed by atoms with Gasteiger partial charge in [0, 0.05) is 32.1 Å². The molecule has 1 aromatic carbocycles. The second-order valence-corrected chi connectivity index (χ2v) is 8.00. The van der Waals surface area contributed by atoms with Crippen molar-refractivity contribution < 1.29 is 9.21 Å². The molecular formula is C21H29N3O2. The van der Waals surface area contributed by atoms with Crippen LogP contribution in [0.3, 0.4) is 0 Å². The maximum absolute atomic E-state index is 13.0. The Labute approximate surface area is 155 Å². The van der Waals surface area contributed by atoms with Gasteiger partial charge in [-0.25, -0.2) is 0 Å². The minimum Gasteiger partial charge on any atom is -0.423 e. The molecule has 1 amide bonds. The maximum atomic E-state index is 13.0. The standard InChI is InChI=1S/C21H29N3O2/c1-15-7-3-5-9-18(15)23(2)20(25)16-11-13-24(14-12-16)21-22-17-8-4-6-10-19(17)26-21/h4,6,8,10,15-16,18H,3,5,7,9,11-14H2,1-2H3. The van der Waals surface area contributed by atoms with Crippen LogP contribution in [0.4, 0.5) is 6.01 Å². The topological polar surface area (TPSA) is 49.6 Å². The highest BCUT2D eigenvalue weighted by Crippen LogP contribution is 2.31. The van der Waals surface area contributed by atoms with Gasteiger partial charge in [0.25, 0.3) is 6.01 Å². The van der Waals surface area contributed by atoms with E-state index in [4.69, 9.17) is 4.42 Å². The number of rotatable bonds is 3. The van der Waals surface area contributed by atoms with Gasteiger partial charge in [0.1, 0.15) is 5.52 Å². The lowest BCUT2D eigenvalue weighted by molar-refractivity contribution is -0.138. The number of oxazole rings is 1. The molecule has 1 aliphatic heterocycles. The third-order valence-corrected chi connectivity index (χ3v) is 6.31. The van der Waals surface area contributed by atoms with Gasteiger partial charge in [-0.3, -0.25) is 4.79 Å². The van der Waals surface area contributed by atoms with Gasteiger partial charge in [0.2, 0.25) is 5.91 Å². The van der Waals surface area contributed by atoms with Crippen LogP contribution in [0, 0.1) is 11.8 Å². The van der Waals surface area contributed by atoms with Gasteiger partial charge in [-0.2, -0.15) is 4.98 Å². The van der Waals surface area contributed by atoms with E-state index < -0.39 is 0 Å². The van der Waals surface area contributed by atoms with E-state index in [1.165, 1.54) is 19.3 Å². The third-order valence-electron chi connectivity index (χ3n) is 6.31. The first-order valence-corrected chi connectivity index (χ1v) is 10.0. The molecule has 0 spiro atoms. The van der Waals surface area contributed by atoms with Gasteiger partial charge in [-0.05, 0) is 43.7 Å². The highest BCUT2D eigenvalue weighted by Gasteiger charge is 2.33. The van der Waals surface area contributed by atoms with Crippen LogP contribution in [0.25, 0.3) is 11.1 Å². The molecule has 0 radical (unpaired) electrons. The molecule has 4 rings (SSSR count). The molecule has 2 aliphatic rings. The van der Waals surface area contributed by atoms with Crippen molar-refractivity contribution in [3.05, 3.63) is 24.3 Å². The minimum atomic E-state index is 0.134. The minimum absolute atomic E-state index is 0.134. The van der Waals surface area contributed by atoms with E-state index in [-0.39, 0.29) is 5.92 Å². The summed E-state index contributed by atoms with van der Waals surface area (Å²) < 4.78 is 5.88. The van der Waals surface area contributed by atoms with Gasteiger partial charge < -0.3 is 14.2 Å². The first kappa shape index (κ1) is 17.4. The van der Waals surface area contributed by atoms with E-state index >= 15 is 0 Å². The van der Waals surface area contributed by atoms with Crippen LogP contribution in [0.15, 0.2) is 28.7 Å². The Balaban J connectivity index is 1.37. The predicted octanol–water partition coefficient (Wildman–Crippen LogP) is 4.08. The molecule has 5 heteroatoms. The van der Waals surface area contributed by atoms with E-state index in [9.17, 15) is 4.79 Å². The first-order valence-electron chi connectivity index (χ1n) is 10.0. The number of para-hydroxylation sites is 2. The molecule has 0 N–H and O–H groups in total. The zero-order chi connectivity index (χ0) is 18.1. The molecule has 2 unspecified atom stereocenters. The lowest BCUT2D eigenvalue weighted by atomic mass is 9.84. The van der Waals surface area contributed by atoms with E-state index in [0.29, 0.717) is 23.9 Å². The number of piperidine rings is 1. The summed E-state index contributed by atoms with van der Waals surface area (Å²) in [6.45, 7) is 3.96. The van der Waals surface area contributed by atoms with Crippen LogP contribution in [0.5, 0.6) is 0 Å². The van der Waals surface area contributed by atoms with Gasteiger partial charge in [0.05, 0.1) is 0 Å². The summed E-state index contributed by atoms with van der Waals surface area (Å²) in [7, 11) is 2.02. The second kappa shape index (κ2) is 7.29. The zero-order valence-electron chi connectivity index (χ0n) is 15.9. The molecule has 1 aliphatic carbocycles. The number of benzene rings is 1. The van der Waals surface area contributed by atoms with Gasteiger partial charge in [-0.15, -0.1) is 0 Å². The summed E-state index contributed by atoms with van der Waals surface area (Å²) >= 11 is 0. The normalized spacial score (nSPS) is 24.8. The van der Waals surface area contributed by atoms with Crippen molar-refractivity contribution in [2.75, 3.05) is 25.0 Å². The number of carbonyl (C=O) groups is 1. The summed E-state index contributed by atoms with van der Waals surface area (Å²) in [6.07, 6.45) is 6.72. The van der Waals surface area contributed by atoms with Crippen LogP contribution in [0.2, 0.25) is 0 Å². The van der Waals surface area contributed by atoms with E-state index in [1.807, 2.05) is 31.3 Å². The number of aromatic nitrogens is 1. The number of fused-ring (bicyclic) bond motifs is 1. The molecule has 0 bridgehead atoms. The van der Waals surface area contributed by atoms with Crippen molar-refractivity contribution in [3.8, 4) is 0 Å². The van der Waals surface area contributed by atoms with Crippen molar-refractivity contribution in [1.82, 2.24) is 9.88 Å². The smallest absolute Gasteiger partial charge is 0.298 e. The Hall–Kier alpha value is -2.04. The monoisotopic (exact) mass is 355 g/mol. The van der Waals surface area contributed by atoms with Crippen molar-refractivity contribution in [1.29, 1.82) is 0 Å². The van der Waals surface area contributed by atoms with Crippen LogP contribution in [-0.2, 0) is 4.79 Å². The zero-order valence-corrected chi connectivity index (χ0v) is 15.9. The number of hydrogen-bond acceptors (Lipinski definition) is 4. The van der Waals surface area contributed by atoms with E-state index in [2.05, 4.69) is 21.7 Å². The quantitative estimate of drug-likeness (QED) is 0.832. The fourth-order valence-electron chi connectivity index (χ4n) is 4.64. The highest BCUT2D eigenvalue weighted by molar-refractivity contribution is 5.79. The van der Waals surface area contributed by atoms with Gasteiger partial charge in [-0.1, -0.05) is 31.9 Å². The summed E-state index contributed by atoms with van der Waals surface area (Å²) in [5, 5.41) is 0. The van der Waals surface area contributed by atoms with Crippen molar-refractivity contribution in [2.24, 2.45) is 11.8 Å². The highest BCUT2D eigenvalue weighted by atomic mass is 16.4. The molecule has 2 atom stereocenters. The van der Waals surface area contributed by atoms with Crippen LogP contribution in [0.1, 0.15) is 45.4 Å². The fourth-order valence-corrected chi connectivity index (χ4v) is 4.64. The molecule has 2 aromatic rings. The SMILES string of the molecule is CC1CCCCC1N(C)C(=O)C1CCN(c2nc3ccccc3o2)CC1. The Morgan fingerprint density at radius 1 is 1.15 bits per heavy atom. The van der Waals surface area contributed by atoms with Gasteiger partial charge >= 0.3 is 0 Å². The Bertz CT molecular complexity index is 730. The van der Waals surface area contributed by atoms with Crippen molar-refractivity contribution in [3.63, 3.8) is 0 Å². The van der Waals surface area contributed by atoms with Crippen LogP contribution in [-0.4, -0.2) is 42.0 Å². The largest absolute Gasteiger partial charge is 0.423 e. The summed E-state index contributed by atoms with van der Waals surface area (Å²) in [4.78, 5) is 21.8. The Morgan fingerprint density at radius 2 is 1.88 bits per heavy atom. The molecule has 1 saturated heterocycles. The van der Waals surface area contributed by atoms with E-state index in [1.54, 1.807) is 0 Å². The molecule has 2 heterocycles. The Morgan fingerprint density at radius 3 is 2.62 bits per heavy atom. The van der Waals surface area contributed by atoms with Crippen molar-refractivity contribution >= 4 is 23.0 Å². The number of amides is 1. The summed E-state index contributed by atoms with van der Waals surface area (Å²) in [5.41, 5.74) is 1.72. The summed E-state index contributed by atoms with van der Waals surface area (Å²) in [6, 6.07) is 8.96. The molecule has 1 saturated carbocycles. The first-order chi connectivity index (χ1) is 12.6. The molecular weight excluding hydrogens is 326 g/mol. The fraction of sp³-hybridized carbons (Fsp3) is 0.619. The number of carbonyl (C=O) groups excluding carboxylic acids is 1. The lowest BCUT2D eigenvalue weighted by Gasteiger charge is -2.39. The average molecular weight is 355 g/mol. The summed E-state index contributed by atoms with van der Waals surface area (Å²) in [5.74, 6) is 1.09. The van der Waals surface area contributed by atoms with Crippen LogP contribution < -0.4 is 4.90 Å². The van der Waals surface area contributed by atoms with E-state index in [0.717, 1.165) is 43.5 Å².